The van der Waals surface area contributed by atoms with E-state index in [1.165, 1.54) is 18.2 Å². The molecule has 10 nitrogen and oxygen atoms in total. The van der Waals surface area contributed by atoms with E-state index in [1.54, 1.807) is 30.3 Å². The molecule has 3 N–H and O–H groups in total. The van der Waals surface area contributed by atoms with Crippen LogP contribution in [-0.2, 0) is 4.74 Å². The minimum Gasteiger partial charge on any atom is -0.508 e. The van der Waals surface area contributed by atoms with Gasteiger partial charge in [-0.1, -0.05) is 121 Å². The number of nitrogens with zero attached hydrogens (tertiary/aromatic N) is 2. The van der Waals surface area contributed by atoms with E-state index in [0.29, 0.717) is 57.8 Å². The van der Waals surface area contributed by atoms with E-state index in [9.17, 15) is 14.7 Å². The molecular weight excluding hydrogens is 957 g/mol. The number of aromatic amines is 2. The number of aromatic nitrogens is 4. The van der Waals surface area contributed by atoms with Crippen molar-refractivity contribution in [3.8, 4) is 78.5 Å². The molecule has 13 rings (SSSR count). The van der Waals surface area contributed by atoms with Crippen molar-refractivity contribution in [2.24, 2.45) is 0 Å². The topological polar surface area (TPSA) is 143 Å². The minimum absolute atomic E-state index is 0.0164. The molecule has 9 aromatic rings. The zero-order valence-corrected chi connectivity index (χ0v) is 41.4. The van der Waals surface area contributed by atoms with Crippen LogP contribution in [0.3, 0.4) is 0 Å². The largest absolute Gasteiger partial charge is 0.508 e. The SMILES string of the molecule is O=C(OCCCOc1ccc(-c2c3nc(c(-c4ccccc4)c4ccc([nH]4)c(-c4ccccc4)c4nc(c(-c5ccccc5)c5ccc2[nH]5)C=C4)C=C3)cc1)c1ccccc1-c1c2ccc(=O)cc-2oc2cc(O)ccc12. The first-order chi connectivity index (χ1) is 37.9. The number of hydrogen-bond acceptors (Lipinski definition) is 8. The Kier molecular flexibility index (Phi) is 12.0. The molecule has 0 saturated carbocycles. The fourth-order valence-corrected chi connectivity index (χ4v) is 10.5. The number of aromatic hydroxyl groups is 1. The van der Waals surface area contributed by atoms with Crippen LogP contribution in [-0.4, -0.2) is 44.2 Å². The second-order valence-electron chi connectivity index (χ2n) is 18.8. The summed E-state index contributed by atoms with van der Waals surface area (Å²) in [5.41, 5.74) is 17.4. The highest BCUT2D eigenvalue weighted by Crippen LogP contribution is 2.43. The van der Waals surface area contributed by atoms with Crippen LogP contribution >= 0.6 is 0 Å². The lowest BCUT2D eigenvalue weighted by Gasteiger charge is -2.17. The summed E-state index contributed by atoms with van der Waals surface area (Å²) >= 11 is 0. The molecular formula is C67H46N4O6. The van der Waals surface area contributed by atoms with Crippen LogP contribution in [0.4, 0.5) is 0 Å². The number of hydrogen-bond donors (Lipinski definition) is 3. The Morgan fingerprint density at radius 2 is 0.974 bits per heavy atom. The Morgan fingerprint density at radius 1 is 0.481 bits per heavy atom. The number of fused-ring (bicyclic) bond motifs is 10. The van der Waals surface area contributed by atoms with Gasteiger partial charge in [0.05, 0.1) is 41.6 Å². The second kappa shape index (κ2) is 19.8. The normalized spacial score (nSPS) is 11.8. The molecule has 0 radical (unpaired) electrons. The van der Waals surface area contributed by atoms with Crippen molar-refractivity contribution in [1.29, 1.82) is 0 Å². The van der Waals surface area contributed by atoms with Crippen LogP contribution < -0.4 is 10.2 Å². The zero-order valence-electron chi connectivity index (χ0n) is 41.4. The summed E-state index contributed by atoms with van der Waals surface area (Å²) in [6, 6.07) is 64.2. The molecule has 370 valence electrons. The lowest BCUT2D eigenvalue weighted by atomic mass is 9.91. The maximum Gasteiger partial charge on any atom is 0.338 e. The van der Waals surface area contributed by atoms with Gasteiger partial charge in [-0.2, -0.15) is 0 Å². The molecule has 6 aromatic carbocycles. The Labute approximate surface area is 441 Å². The van der Waals surface area contributed by atoms with Crippen molar-refractivity contribution < 1.29 is 23.8 Å². The average molecular weight is 1000 g/mol. The Hall–Kier alpha value is -10.3. The van der Waals surface area contributed by atoms with E-state index < -0.39 is 5.97 Å². The molecule has 0 amide bonds. The number of carbonyl (C=O) groups excluding carboxylic acids is 1. The van der Waals surface area contributed by atoms with E-state index in [-0.39, 0.29) is 17.8 Å². The van der Waals surface area contributed by atoms with Gasteiger partial charge < -0.3 is 29.0 Å². The first-order valence-electron chi connectivity index (χ1n) is 25.4. The fraction of sp³-hybridized carbons (Fsp3) is 0.0448. The maximum absolute atomic E-state index is 13.8. The van der Waals surface area contributed by atoms with Gasteiger partial charge in [-0.25, -0.2) is 14.8 Å². The molecule has 1 aliphatic carbocycles. The van der Waals surface area contributed by atoms with Gasteiger partial charge in [-0.3, -0.25) is 4.79 Å². The van der Waals surface area contributed by atoms with Crippen LogP contribution in [0.15, 0.2) is 209 Å². The van der Waals surface area contributed by atoms with Gasteiger partial charge in [-0.05, 0) is 119 Å². The monoisotopic (exact) mass is 1000 g/mol. The summed E-state index contributed by atoms with van der Waals surface area (Å²) in [5, 5.41) is 10.9. The van der Waals surface area contributed by atoms with E-state index in [0.717, 1.165) is 89.4 Å². The van der Waals surface area contributed by atoms with Crippen LogP contribution in [0.2, 0.25) is 0 Å². The average Bonchev–Trinajstić information content (AvgIpc) is 4.38. The van der Waals surface area contributed by atoms with Crippen LogP contribution in [0.25, 0.3) is 124 Å². The number of rotatable bonds is 11. The van der Waals surface area contributed by atoms with E-state index >= 15 is 0 Å². The highest BCUT2D eigenvalue weighted by atomic mass is 16.5. The summed E-state index contributed by atoms with van der Waals surface area (Å²) in [4.78, 5) is 44.6. The number of carbonyl (C=O) groups is 1. The molecule has 0 unspecified atom stereocenters. The molecule has 10 heteroatoms. The maximum atomic E-state index is 13.8. The third kappa shape index (κ3) is 8.93. The zero-order chi connectivity index (χ0) is 51.8. The summed E-state index contributed by atoms with van der Waals surface area (Å²) < 4.78 is 18.1. The third-order valence-electron chi connectivity index (χ3n) is 14.0. The van der Waals surface area contributed by atoms with Gasteiger partial charge in [0.15, 0.2) is 5.43 Å². The van der Waals surface area contributed by atoms with Gasteiger partial charge in [0.25, 0.3) is 0 Å². The fourth-order valence-electron chi connectivity index (χ4n) is 10.5. The molecule has 0 atom stereocenters. The molecule has 8 bridgehead atoms. The predicted molar refractivity (Wildman–Crippen MR) is 307 cm³/mol. The van der Waals surface area contributed by atoms with Crippen LogP contribution in [0.5, 0.6) is 11.5 Å². The standard InChI is InChI=1S/C67H46N4O6/c72-45-23-27-50-60(39-45)77-61-40-46(73)24-28-51(61)66(50)48-19-10-11-20-49(48)67(74)76-38-12-37-75-47-25-21-44(22-26-47)65-58-35-33-56(70-58)63(42-15-6-2-7-16-42)54-31-29-52(68-54)62(41-13-4-1-5-14-41)53-30-32-55(69-53)64(43-17-8-3-9-18-43)57-34-36-59(65)71-57/h1-11,13-36,39-40,68,71-72H,12,37-38H2. The van der Waals surface area contributed by atoms with Crippen molar-refractivity contribution in [3.63, 3.8) is 0 Å². The summed E-state index contributed by atoms with van der Waals surface area (Å²) in [6.45, 7) is 0.415. The predicted octanol–water partition coefficient (Wildman–Crippen LogP) is 15.5. The van der Waals surface area contributed by atoms with Gasteiger partial charge in [0.1, 0.15) is 22.8 Å². The smallest absolute Gasteiger partial charge is 0.338 e. The molecule has 0 spiro atoms. The number of phenolic OH excluding ortho intramolecular Hbond substituents is 1. The lowest BCUT2D eigenvalue weighted by Crippen LogP contribution is -2.11. The third-order valence-corrected chi connectivity index (χ3v) is 14.0. The quantitative estimate of drug-likeness (QED) is 0.0660. The van der Waals surface area contributed by atoms with Crippen molar-refractivity contribution in [3.05, 3.63) is 239 Å². The summed E-state index contributed by atoms with van der Waals surface area (Å²) in [7, 11) is 0. The number of esters is 1. The number of nitrogens with one attached hydrogen (secondary N) is 2. The van der Waals surface area contributed by atoms with Gasteiger partial charge in [0, 0.05) is 79.4 Å². The Balaban J connectivity index is 0.833. The number of benzene rings is 7. The Bertz CT molecular complexity index is 4310. The summed E-state index contributed by atoms with van der Waals surface area (Å²) in [5.74, 6) is 0.521. The van der Waals surface area contributed by atoms with E-state index in [4.69, 9.17) is 23.9 Å². The molecule has 6 heterocycles. The number of phenols is 1. The number of H-pyrrole nitrogens is 2. The first-order valence-corrected chi connectivity index (χ1v) is 25.4. The second-order valence-corrected chi connectivity index (χ2v) is 18.8. The highest BCUT2D eigenvalue weighted by Gasteiger charge is 2.24. The lowest BCUT2D eigenvalue weighted by molar-refractivity contribution is 0.0487. The van der Waals surface area contributed by atoms with Gasteiger partial charge in [-0.15, -0.1) is 0 Å². The van der Waals surface area contributed by atoms with Crippen molar-refractivity contribution >= 4 is 63.3 Å². The van der Waals surface area contributed by atoms with Crippen LogP contribution in [0, 0.1) is 0 Å². The number of ether oxygens (including phenoxy) is 2. The molecule has 3 aliphatic heterocycles. The minimum atomic E-state index is -0.500. The van der Waals surface area contributed by atoms with E-state index in [2.05, 4.69) is 131 Å². The van der Waals surface area contributed by atoms with Crippen molar-refractivity contribution in [2.75, 3.05) is 13.2 Å². The molecule has 4 aliphatic rings. The summed E-state index contributed by atoms with van der Waals surface area (Å²) in [6.07, 6.45) is 8.83. The molecule has 0 saturated heterocycles. The van der Waals surface area contributed by atoms with Crippen molar-refractivity contribution in [2.45, 2.75) is 6.42 Å². The Morgan fingerprint density at radius 3 is 1.51 bits per heavy atom. The van der Waals surface area contributed by atoms with Gasteiger partial charge in [0.2, 0.25) is 0 Å². The highest BCUT2D eigenvalue weighted by molar-refractivity contribution is 6.08. The molecule has 3 aromatic heterocycles. The molecule has 77 heavy (non-hydrogen) atoms. The molecule has 0 fully saturated rings. The van der Waals surface area contributed by atoms with E-state index in [1.807, 2.05) is 54.6 Å². The van der Waals surface area contributed by atoms with Crippen molar-refractivity contribution in [1.82, 2.24) is 19.9 Å². The first kappa shape index (κ1) is 46.5. The van der Waals surface area contributed by atoms with Gasteiger partial charge >= 0.3 is 5.97 Å². The van der Waals surface area contributed by atoms with Crippen LogP contribution in [0.1, 0.15) is 39.6 Å².